The maximum absolute atomic E-state index is 10.1. The highest BCUT2D eigenvalue weighted by atomic mass is 16.3. The molecule has 0 radical (unpaired) electrons. The number of likely N-dealkylation sites (tertiary alicyclic amines) is 1. The quantitative estimate of drug-likeness (QED) is 0.832. The van der Waals surface area contributed by atoms with Crippen molar-refractivity contribution in [1.82, 2.24) is 4.90 Å². The van der Waals surface area contributed by atoms with Crippen molar-refractivity contribution in [2.75, 3.05) is 13.1 Å². The van der Waals surface area contributed by atoms with Crippen LogP contribution in [-0.2, 0) is 0 Å². The largest absolute Gasteiger partial charge is 0.393 e. The van der Waals surface area contributed by atoms with Gasteiger partial charge in [0.25, 0.3) is 0 Å². The van der Waals surface area contributed by atoms with Gasteiger partial charge in [-0.1, -0.05) is 25.7 Å². The molecule has 0 aromatic rings. The third-order valence-electron chi connectivity index (χ3n) is 5.66. The van der Waals surface area contributed by atoms with Gasteiger partial charge in [0, 0.05) is 18.5 Å². The van der Waals surface area contributed by atoms with Crippen LogP contribution in [0, 0.1) is 11.8 Å². The smallest absolute Gasteiger partial charge is 0.0583 e. The molecule has 2 aliphatic carbocycles. The Morgan fingerprint density at radius 3 is 2.39 bits per heavy atom. The first-order valence-corrected chi connectivity index (χ1v) is 8.27. The van der Waals surface area contributed by atoms with Gasteiger partial charge in [-0.3, -0.25) is 4.90 Å². The van der Waals surface area contributed by atoms with Crippen LogP contribution in [0.3, 0.4) is 0 Å². The molecule has 3 aliphatic rings. The van der Waals surface area contributed by atoms with E-state index in [-0.39, 0.29) is 6.10 Å². The van der Waals surface area contributed by atoms with Gasteiger partial charge in [-0.05, 0) is 51.0 Å². The predicted molar refractivity (Wildman–Crippen MR) is 74.5 cm³/mol. The molecule has 1 aliphatic heterocycles. The average Bonchev–Trinajstić information content (AvgIpc) is 2.99. The Morgan fingerprint density at radius 1 is 0.833 bits per heavy atom. The summed E-state index contributed by atoms with van der Waals surface area (Å²) < 4.78 is 0. The van der Waals surface area contributed by atoms with Crippen molar-refractivity contribution in [2.24, 2.45) is 11.8 Å². The fourth-order valence-corrected chi connectivity index (χ4v) is 4.68. The van der Waals surface area contributed by atoms with E-state index in [0.717, 1.165) is 12.3 Å². The van der Waals surface area contributed by atoms with Crippen LogP contribution in [0.2, 0.25) is 0 Å². The molecule has 18 heavy (non-hydrogen) atoms. The van der Waals surface area contributed by atoms with Gasteiger partial charge in [-0.2, -0.15) is 0 Å². The third-order valence-corrected chi connectivity index (χ3v) is 5.66. The van der Waals surface area contributed by atoms with Crippen molar-refractivity contribution < 1.29 is 5.11 Å². The maximum Gasteiger partial charge on any atom is 0.0583 e. The predicted octanol–water partition coefficient (Wildman–Crippen LogP) is 3.19. The molecule has 0 aromatic heterocycles. The number of rotatable bonds is 3. The maximum atomic E-state index is 10.1. The van der Waals surface area contributed by atoms with Crippen molar-refractivity contribution in [3.63, 3.8) is 0 Å². The minimum absolute atomic E-state index is 0.00181. The van der Waals surface area contributed by atoms with Gasteiger partial charge in [0.05, 0.1) is 6.10 Å². The second-order valence-corrected chi connectivity index (χ2v) is 6.87. The van der Waals surface area contributed by atoms with Gasteiger partial charge in [-0.25, -0.2) is 0 Å². The summed E-state index contributed by atoms with van der Waals surface area (Å²) in [5, 5.41) is 10.1. The Balaban J connectivity index is 1.56. The highest BCUT2D eigenvalue weighted by Gasteiger charge is 2.38. The van der Waals surface area contributed by atoms with Gasteiger partial charge in [-0.15, -0.1) is 0 Å². The summed E-state index contributed by atoms with van der Waals surface area (Å²) in [6.45, 7) is 2.62. The molecule has 2 saturated carbocycles. The first-order valence-electron chi connectivity index (χ1n) is 8.27. The van der Waals surface area contributed by atoms with Crippen LogP contribution in [0.15, 0.2) is 0 Å². The topological polar surface area (TPSA) is 23.5 Å². The van der Waals surface area contributed by atoms with Crippen LogP contribution >= 0.6 is 0 Å². The van der Waals surface area contributed by atoms with Gasteiger partial charge in [0.15, 0.2) is 0 Å². The third kappa shape index (κ3) is 2.75. The van der Waals surface area contributed by atoms with E-state index in [1.165, 1.54) is 70.9 Å². The highest BCUT2D eigenvalue weighted by molar-refractivity contribution is 4.92. The molecule has 1 heterocycles. The minimum atomic E-state index is 0.00181. The lowest BCUT2D eigenvalue weighted by atomic mass is 9.87. The summed E-state index contributed by atoms with van der Waals surface area (Å²) in [6, 6.07) is 0.712. The van der Waals surface area contributed by atoms with E-state index in [4.69, 9.17) is 0 Å². The number of hydrogen-bond donors (Lipinski definition) is 1. The molecule has 1 N–H and O–H groups in total. The Morgan fingerprint density at radius 2 is 1.67 bits per heavy atom. The highest BCUT2D eigenvalue weighted by Crippen LogP contribution is 2.37. The van der Waals surface area contributed by atoms with Crippen molar-refractivity contribution in [3.8, 4) is 0 Å². The van der Waals surface area contributed by atoms with Gasteiger partial charge >= 0.3 is 0 Å². The van der Waals surface area contributed by atoms with Crippen LogP contribution < -0.4 is 0 Å². The summed E-state index contributed by atoms with van der Waals surface area (Å²) in [6.07, 6.45) is 13.6. The zero-order valence-electron chi connectivity index (χ0n) is 11.7. The molecule has 0 spiro atoms. The van der Waals surface area contributed by atoms with E-state index in [9.17, 15) is 5.11 Å². The Hall–Kier alpha value is -0.0800. The molecular formula is C16H29NO. The van der Waals surface area contributed by atoms with Crippen molar-refractivity contribution in [2.45, 2.75) is 76.4 Å². The van der Waals surface area contributed by atoms with Crippen LogP contribution in [-0.4, -0.2) is 35.2 Å². The molecule has 3 rings (SSSR count). The molecule has 1 saturated heterocycles. The summed E-state index contributed by atoms with van der Waals surface area (Å²) >= 11 is 0. The Bertz CT molecular complexity index is 262. The number of nitrogens with zero attached hydrogens (tertiary/aromatic N) is 1. The second-order valence-electron chi connectivity index (χ2n) is 6.87. The molecular weight excluding hydrogens is 222 g/mol. The van der Waals surface area contributed by atoms with E-state index < -0.39 is 0 Å². The van der Waals surface area contributed by atoms with E-state index in [2.05, 4.69) is 4.90 Å². The zero-order valence-corrected chi connectivity index (χ0v) is 11.7. The van der Waals surface area contributed by atoms with E-state index >= 15 is 0 Å². The van der Waals surface area contributed by atoms with Gasteiger partial charge < -0.3 is 5.11 Å². The lowest BCUT2D eigenvalue weighted by Gasteiger charge is -2.34. The molecule has 0 amide bonds. The first kappa shape index (κ1) is 12.9. The van der Waals surface area contributed by atoms with Crippen molar-refractivity contribution >= 4 is 0 Å². The number of hydrogen-bond acceptors (Lipinski definition) is 2. The molecule has 3 fully saturated rings. The summed E-state index contributed by atoms with van der Waals surface area (Å²) in [5.74, 6) is 1.55. The monoisotopic (exact) mass is 251 g/mol. The van der Waals surface area contributed by atoms with Gasteiger partial charge in [0.2, 0.25) is 0 Å². The lowest BCUT2D eigenvalue weighted by Crippen LogP contribution is -2.41. The Kier molecular flexibility index (Phi) is 4.25. The molecule has 3 unspecified atom stereocenters. The standard InChI is InChI=1S/C16H29NO/c18-16-10-4-8-14(16)15-9-5-11-17(15)12-13-6-2-1-3-7-13/h13-16,18H,1-12H2. The fraction of sp³-hybridized carbons (Fsp3) is 1.00. The molecule has 0 aromatic carbocycles. The van der Waals surface area contributed by atoms with E-state index in [0.29, 0.717) is 12.0 Å². The van der Waals surface area contributed by atoms with Crippen LogP contribution in [0.1, 0.15) is 64.2 Å². The summed E-state index contributed by atoms with van der Waals surface area (Å²) in [5.41, 5.74) is 0. The summed E-state index contributed by atoms with van der Waals surface area (Å²) in [7, 11) is 0. The van der Waals surface area contributed by atoms with E-state index in [1.807, 2.05) is 0 Å². The SMILES string of the molecule is OC1CCCC1C1CCCN1CC1CCCCC1. The fourth-order valence-electron chi connectivity index (χ4n) is 4.68. The Labute approximate surface area is 112 Å². The molecule has 2 nitrogen and oxygen atoms in total. The number of aliphatic hydroxyl groups excluding tert-OH is 1. The molecule has 0 bridgehead atoms. The van der Waals surface area contributed by atoms with Crippen LogP contribution in [0.4, 0.5) is 0 Å². The molecule has 104 valence electrons. The molecule has 3 atom stereocenters. The average molecular weight is 251 g/mol. The minimum Gasteiger partial charge on any atom is -0.393 e. The lowest BCUT2D eigenvalue weighted by molar-refractivity contribution is 0.0652. The van der Waals surface area contributed by atoms with E-state index in [1.54, 1.807) is 0 Å². The van der Waals surface area contributed by atoms with Crippen molar-refractivity contribution in [3.05, 3.63) is 0 Å². The molecule has 2 heteroatoms. The van der Waals surface area contributed by atoms with Crippen LogP contribution in [0.25, 0.3) is 0 Å². The van der Waals surface area contributed by atoms with Crippen molar-refractivity contribution in [1.29, 1.82) is 0 Å². The van der Waals surface area contributed by atoms with Gasteiger partial charge in [0.1, 0.15) is 0 Å². The first-order chi connectivity index (χ1) is 8.84. The second kappa shape index (κ2) is 5.92. The zero-order chi connectivity index (χ0) is 12.4. The van der Waals surface area contributed by atoms with Crippen LogP contribution in [0.5, 0.6) is 0 Å². The summed E-state index contributed by atoms with van der Waals surface area (Å²) in [4.78, 5) is 2.75. The number of aliphatic hydroxyl groups is 1. The normalized spacial score (nSPS) is 39.5.